The number of hydrogen-bond acceptors (Lipinski definition) is 7. The number of amides is 1. The van der Waals surface area contributed by atoms with Crippen LogP contribution in [0.2, 0.25) is 0 Å². The van der Waals surface area contributed by atoms with Gasteiger partial charge in [0.05, 0.1) is 22.7 Å². The average Bonchev–Trinajstić information content (AvgIpc) is 2.90. The first-order valence-corrected chi connectivity index (χ1v) is 12.1. The summed E-state index contributed by atoms with van der Waals surface area (Å²) in [5.74, 6) is -1.66. The number of nitro benzene ring substituents is 1. The molecule has 1 saturated heterocycles. The number of aryl methyl sites for hydroxylation is 1. The van der Waals surface area contributed by atoms with Gasteiger partial charge in [-0.25, -0.2) is 13.8 Å². The average molecular weight is 510 g/mol. The van der Waals surface area contributed by atoms with E-state index in [1.807, 2.05) is 0 Å². The largest absolute Gasteiger partial charge is 0.438 e. The third kappa shape index (κ3) is 5.07. The van der Waals surface area contributed by atoms with Crippen LogP contribution in [0.3, 0.4) is 0 Å². The van der Waals surface area contributed by atoms with E-state index in [0.29, 0.717) is 35.7 Å². The van der Waals surface area contributed by atoms with Crippen LogP contribution in [0, 0.1) is 28.7 Å². The molecule has 0 bridgehead atoms. The zero-order valence-electron chi connectivity index (χ0n) is 20.2. The minimum absolute atomic E-state index is 0.0713. The van der Waals surface area contributed by atoms with Crippen molar-refractivity contribution in [3.05, 3.63) is 80.5 Å². The number of nitrogens with zero attached hydrogens (tertiary/aromatic N) is 5. The molecule has 0 atom stereocenters. The number of nitro groups is 1. The number of halogens is 2. The van der Waals surface area contributed by atoms with Crippen LogP contribution in [-0.4, -0.2) is 45.3 Å². The highest BCUT2D eigenvalue weighted by molar-refractivity contribution is 5.95. The Kier molecular flexibility index (Phi) is 6.68. The van der Waals surface area contributed by atoms with Gasteiger partial charge in [0.1, 0.15) is 5.75 Å². The van der Waals surface area contributed by atoms with Crippen molar-refractivity contribution in [1.82, 2.24) is 14.9 Å². The van der Waals surface area contributed by atoms with Crippen molar-refractivity contribution in [2.24, 2.45) is 0 Å². The lowest BCUT2D eigenvalue weighted by atomic mass is 10.0. The molecule has 37 heavy (non-hydrogen) atoms. The van der Waals surface area contributed by atoms with Gasteiger partial charge in [0, 0.05) is 49.3 Å². The predicted molar refractivity (Wildman–Crippen MR) is 131 cm³/mol. The number of fused-ring (bicyclic) bond motifs is 1. The first kappa shape index (κ1) is 24.5. The number of anilines is 1. The van der Waals surface area contributed by atoms with Gasteiger partial charge in [0.25, 0.3) is 11.6 Å². The van der Waals surface area contributed by atoms with E-state index in [1.54, 1.807) is 24.0 Å². The normalized spacial score (nSPS) is 15.3. The molecule has 1 amide bonds. The van der Waals surface area contributed by atoms with Crippen LogP contribution in [0.25, 0.3) is 0 Å². The number of piperidine rings is 1. The smallest absolute Gasteiger partial charge is 0.273 e. The van der Waals surface area contributed by atoms with Crippen LogP contribution < -0.4 is 9.64 Å². The van der Waals surface area contributed by atoms with E-state index >= 15 is 0 Å². The summed E-state index contributed by atoms with van der Waals surface area (Å²) in [4.78, 5) is 37.1. The number of carbonyl (C=O) groups is 1. The van der Waals surface area contributed by atoms with Gasteiger partial charge < -0.3 is 14.5 Å². The van der Waals surface area contributed by atoms with Crippen molar-refractivity contribution in [2.75, 3.05) is 24.5 Å². The minimum Gasteiger partial charge on any atom is -0.438 e. The van der Waals surface area contributed by atoms with Crippen molar-refractivity contribution in [3.63, 3.8) is 0 Å². The Morgan fingerprint density at radius 1 is 1.03 bits per heavy atom. The first-order chi connectivity index (χ1) is 17.8. The highest BCUT2D eigenvalue weighted by Crippen LogP contribution is 2.33. The summed E-state index contributed by atoms with van der Waals surface area (Å²) in [5.41, 5.74) is 1.82. The second-order valence-electron chi connectivity index (χ2n) is 9.21. The maximum atomic E-state index is 13.9. The van der Waals surface area contributed by atoms with Crippen LogP contribution in [0.4, 0.5) is 20.4 Å². The zero-order valence-corrected chi connectivity index (χ0v) is 20.2. The van der Waals surface area contributed by atoms with E-state index in [4.69, 9.17) is 9.72 Å². The van der Waals surface area contributed by atoms with Crippen LogP contribution >= 0.6 is 0 Å². The molecule has 2 aliphatic heterocycles. The van der Waals surface area contributed by atoms with Gasteiger partial charge in [0.2, 0.25) is 11.8 Å². The number of rotatable bonds is 5. The molecular formula is C26H25F2N5O4. The number of aromatic nitrogens is 2. The fraction of sp³-hybridized carbons (Fsp3) is 0.346. The zero-order chi connectivity index (χ0) is 26.1. The van der Waals surface area contributed by atoms with E-state index < -0.39 is 16.6 Å². The van der Waals surface area contributed by atoms with Crippen LogP contribution in [-0.2, 0) is 13.0 Å². The van der Waals surface area contributed by atoms with Crippen LogP contribution in [0.5, 0.6) is 11.6 Å². The van der Waals surface area contributed by atoms with Crippen molar-refractivity contribution in [3.8, 4) is 11.6 Å². The fourth-order valence-electron chi connectivity index (χ4n) is 4.64. The Morgan fingerprint density at radius 3 is 2.54 bits per heavy atom. The molecule has 0 aliphatic carbocycles. The van der Waals surface area contributed by atoms with Crippen molar-refractivity contribution in [1.29, 1.82) is 0 Å². The molecule has 9 nitrogen and oxygen atoms in total. The third-order valence-corrected chi connectivity index (χ3v) is 6.70. The molecule has 0 unspecified atom stereocenters. The van der Waals surface area contributed by atoms with E-state index in [0.717, 1.165) is 44.5 Å². The third-order valence-electron chi connectivity index (χ3n) is 6.70. The highest BCUT2D eigenvalue weighted by Gasteiger charge is 2.29. The number of ether oxygens (including phenoxy) is 1. The molecule has 3 heterocycles. The molecule has 0 radical (unpaired) electrons. The summed E-state index contributed by atoms with van der Waals surface area (Å²) in [6.07, 6.45) is 3.59. The van der Waals surface area contributed by atoms with Gasteiger partial charge in [0.15, 0.2) is 11.6 Å². The fourth-order valence-corrected chi connectivity index (χ4v) is 4.64. The lowest BCUT2D eigenvalue weighted by molar-refractivity contribution is -0.385. The molecule has 2 aliphatic rings. The summed E-state index contributed by atoms with van der Waals surface area (Å²) in [6.45, 7) is 3.69. The van der Waals surface area contributed by atoms with E-state index in [1.165, 1.54) is 12.1 Å². The van der Waals surface area contributed by atoms with Gasteiger partial charge >= 0.3 is 0 Å². The highest BCUT2D eigenvalue weighted by atomic mass is 19.2. The maximum absolute atomic E-state index is 13.9. The Hall–Kier alpha value is -4.15. The van der Waals surface area contributed by atoms with Gasteiger partial charge in [-0.3, -0.25) is 14.9 Å². The number of carbonyl (C=O) groups excluding carboxylic acids is 1. The molecule has 1 fully saturated rings. The molecule has 5 rings (SSSR count). The summed E-state index contributed by atoms with van der Waals surface area (Å²) < 4.78 is 33.3. The van der Waals surface area contributed by atoms with Gasteiger partial charge in [-0.2, -0.15) is 4.98 Å². The Bertz CT molecular complexity index is 1380. The summed E-state index contributed by atoms with van der Waals surface area (Å²) in [5, 5.41) is 11.4. The lowest BCUT2D eigenvalue weighted by Crippen LogP contribution is -2.37. The summed E-state index contributed by atoms with van der Waals surface area (Å²) in [6, 6.07) is 7.63. The molecule has 1 aromatic heterocycles. The summed E-state index contributed by atoms with van der Waals surface area (Å²) >= 11 is 0. The Balaban J connectivity index is 1.48. The Labute approximate surface area is 211 Å². The van der Waals surface area contributed by atoms with Crippen LogP contribution in [0.15, 0.2) is 36.4 Å². The predicted octanol–water partition coefficient (Wildman–Crippen LogP) is 4.95. The molecule has 0 spiro atoms. The number of benzene rings is 2. The van der Waals surface area contributed by atoms with Crippen molar-refractivity contribution < 1.29 is 23.2 Å². The van der Waals surface area contributed by atoms with Crippen molar-refractivity contribution in [2.45, 2.75) is 39.2 Å². The maximum Gasteiger partial charge on any atom is 0.273 e. The van der Waals surface area contributed by atoms with E-state index in [9.17, 15) is 23.7 Å². The second kappa shape index (κ2) is 10.1. The van der Waals surface area contributed by atoms with Gasteiger partial charge in [-0.15, -0.1) is 0 Å². The van der Waals surface area contributed by atoms with E-state index in [2.05, 4.69) is 9.88 Å². The topological polar surface area (TPSA) is 102 Å². The monoisotopic (exact) mass is 509 g/mol. The number of hydrogen-bond donors (Lipinski definition) is 0. The molecular weight excluding hydrogens is 484 g/mol. The van der Waals surface area contributed by atoms with Gasteiger partial charge in [-0.05, 0) is 44.4 Å². The summed E-state index contributed by atoms with van der Waals surface area (Å²) in [7, 11) is 0. The van der Waals surface area contributed by atoms with Crippen molar-refractivity contribution >= 4 is 17.5 Å². The molecule has 192 valence electrons. The molecule has 0 saturated carbocycles. The molecule has 0 N–H and O–H groups in total. The quantitative estimate of drug-likeness (QED) is 0.354. The second-order valence-corrected chi connectivity index (χ2v) is 9.21. The molecule has 2 aromatic carbocycles. The Morgan fingerprint density at radius 2 is 1.81 bits per heavy atom. The van der Waals surface area contributed by atoms with Gasteiger partial charge in [-0.1, -0.05) is 6.07 Å². The van der Waals surface area contributed by atoms with E-state index in [-0.39, 0.29) is 35.3 Å². The first-order valence-electron chi connectivity index (χ1n) is 12.1. The minimum atomic E-state index is -1.05. The molecule has 11 heteroatoms. The van der Waals surface area contributed by atoms with Crippen LogP contribution in [0.1, 0.15) is 46.4 Å². The molecule has 3 aromatic rings. The lowest BCUT2D eigenvalue weighted by Gasteiger charge is -2.32. The SMILES string of the molecule is Cc1ccc(C(=O)N2CCc3nc(N4CCCCC4)nc(Oc4ccc(F)c(F)c4)c3C2)cc1[N+](=O)[O-]. The standard InChI is InChI=1S/C26H25F2N5O4/c1-16-5-6-17(13-23(16)33(35)36)25(34)32-12-9-22-19(15-32)24(37-18-7-8-20(27)21(28)14-18)30-26(29-22)31-10-3-2-4-11-31/h5-8,13-14H,2-4,9-12,15H2,1H3.